The molecular weight excluding hydrogens is 376 g/mol. The molecule has 152 valence electrons. The summed E-state index contributed by atoms with van der Waals surface area (Å²) in [7, 11) is 1.85. The van der Waals surface area contributed by atoms with E-state index < -0.39 is 17.6 Å². The first-order valence-corrected chi connectivity index (χ1v) is 8.48. The molecule has 1 unspecified atom stereocenters. The SMILES string of the molecule is CC1CCN(C)C1=O.FC(F)(F)c1ccccc1.O=CNc1ccccc1F. The van der Waals surface area contributed by atoms with Crippen molar-refractivity contribution >= 4 is 18.0 Å². The number of para-hydroxylation sites is 1. The molecule has 1 aliphatic rings. The Hall–Kier alpha value is -2.90. The van der Waals surface area contributed by atoms with Crippen molar-refractivity contribution in [1.82, 2.24) is 4.90 Å². The van der Waals surface area contributed by atoms with Crippen molar-refractivity contribution in [3.8, 4) is 0 Å². The van der Waals surface area contributed by atoms with E-state index in [0.29, 0.717) is 12.3 Å². The van der Waals surface area contributed by atoms with Gasteiger partial charge in [0.25, 0.3) is 0 Å². The molecule has 1 fully saturated rings. The smallest absolute Gasteiger partial charge is 0.346 e. The average molecular weight is 398 g/mol. The highest BCUT2D eigenvalue weighted by Crippen LogP contribution is 2.28. The third kappa shape index (κ3) is 7.77. The Kier molecular flexibility index (Phi) is 9.14. The van der Waals surface area contributed by atoms with Crippen molar-refractivity contribution in [2.45, 2.75) is 19.5 Å². The Balaban J connectivity index is 0.000000212. The van der Waals surface area contributed by atoms with Gasteiger partial charge in [-0.05, 0) is 18.6 Å². The van der Waals surface area contributed by atoms with Crippen LogP contribution in [0.5, 0.6) is 0 Å². The van der Waals surface area contributed by atoms with Crippen molar-refractivity contribution < 1.29 is 27.2 Å². The number of carbonyl (C=O) groups is 2. The monoisotopic (exact) mass is 398 g/mol. The number of hydrogen-bond acceptors (Lipinski definition) is 2. The lowest BCUT2D eigenvalue weighted by molar-refractivity contribution is -0.137. The summed E-state index contributed by atoms with van der Waals surface area (Å²) in [4.78, 5) is 22.5. The number of halogens is 4. The van der Waals surface area contributed by atoms with Gasteiger partial charge in [-0.3, -0.25) is 9.59 Å². The first-order chi connectivity index (χ1) is 13.2. The van der Waals surface area contributed by atoms with Crippen molar-refractivity contribution in [2.24, 2.45) is 5.92 Å². The zero-order chi connectivity index (χ0) is 21.2. The number of nitrogens with zero attached hydrogens (tertiary/aromatic N) is 1. The van der Waals surface area contributed by atoms with E-state index in [2.05, 4.69) is 5.32 Å². The van der Waals surface area contributed by atoms with E-state index in [1.54, 1.807) is 23.1 Å². The molecule has 8 heteroatoms. The van der Waals surface area contributed by atoms with Crippen LogP contribution in [-0.2, 0) is 15.8 Å². The summed E-state index contributed by atoms with van der Waals surface area (Å²) in [6.07, 6.45) is -2.73. The molecule has 1 saturated heterocycles. The molecule has 0 saturated carbocycles. The average Bonchev–Trinajstić information content (AvgIpc) is 2.96. The van der Waals surface area contributed by atoms with Crippen LogP contribution in [0.25, 0.3) is 0 Å². The molecule has 2 aromatic rings. The molecule has 1 atom stereocenters. The van der Waals surface area contributed by atoms with Crippen LogP contribution in [0.1, 0.15) is 18.9 Å². The summed E-state index contributed by atoms with van der Waals surface area (Å²) in [5.41, 5.74) is -0.396. The van der Waals surface area contributed by atoms with Crippen LogP contribution in [0.15, 0.2) is 54.6 Å². The fourth-order valence-electron chi connectivity index (χ4n) is 2.27. The summed E-state index contributed by atoms with van der Waals surface area (Å²) in [6.45, 7) is 2.92. The fourth-order valence-corrected chi connectivity index (χ4v) is 2.27. The van der Waals surface area contributed by atoms with Gasteiger partial charge in [0.2, 0.25) is 12.3 Å². The summed E-state index contributed by atoms with van der Waals surface area (Å²) >= 11 is 0. The topological polar surface area (TPSA) is 49.4 Å². The van der Waals surface area contributed by atoms with Gasteiger partial charge in [-0.25, -0.2) is 4.39 Å². The first-order valence-electron chi connectivity index (χ1n) is 8.48. The van der Waals surface area contributed by atoms with Crippen LogP contribution >= 0.6 is 0 Å². The van der Waals surface area contributed by atoms with Gasteiger partial charge >= 0.3 is 6.18 Å². The fraction of sp³-hybridized carbons (Fsp3) is 0.300. The number of amides is 2. The van der Waals surface area contributed by atoms with Crippen LogP contribution in [0, 0.1) is 11.7 Å². The Labute approximate surface area is 161 Å². The maximum Gasteiger partial charge on any atom is 0.416 e. The Morgan fingerprint density at radius 3 is 2.00 bits per heavy atom. The summed E-state index contributed by atoms with van der Waals surface area (Å²) < 4.78 is 47.9. The van der Waals surface area contributed by atoms with Gasteiger partial charge in [-0.2, -0.15) is 13.2 Å². The van der Waals surface area contributed by atoms with Crippen LogP contribution in [0.3, 0.4) is 0 Å². The number of hydrogen-bond donors (Lipinski definition) is 1. The van der Waals surface area contributed by atoms with E-state index in [9.17, 15) is 27.2 Å². The second-order valence-electron chi connectivity index (χ2n) is 6.06. The highest BCUT2D eigenvalue weighted by molar-refractivity contribution is 5.80. The lowest BCUT2D eigenvalue weighted by Crippen LogP contribution is -2.21. The number of nitrogens with one attached hydrogen (secondary N) is 1. The molecule has 0 aliphatic carbocycles. The Morgan fingerprint density at radius 1 is 1.07 bits per heavy atom. The van der Waals surface area contributed by atoms with Gasteiger partial charge in [0.1, 0.15) is 5.82 Å². The lowest BCUT2D eigenvalue weighted by Gasteiger charge is -2.05. The van der Waals surface area contributed by atoms with Crippen LogP contribution in [-0.4, -0.2) is 30.8 Å². The molecular formula is C20H22F4N2O2. The van der Waals surface area contributed by atoms with E-state index in [-0.39, 0.29) is 11.6 Å². The van der Waals surface area contributed by atoms with Crippen LogP contribution < -0.4 is 5.32 Å². The molecule has 28 heavy (non-hydrogen) atoms. The molecule has 0 aromatic heterocycles. The van der Waals surface area contributed by atoms with Crippen molar-refractivity contribution in [2.75, 3.05) is 18.9 Å². The number of alkyl halides is 3. The quantitative estimate of drug-likeness (QED) is 0.595. The molecule has 1 N–H and O–H groups in total. The minimum Gasteiger partial charge on any atom is -0.346 e. The molecule has 1 heterocycles. The van der Waals surface area contributed by atoms with Gasteiger partial charge < -0.3 is 10.2 Å². The largest absolute Gasteiger partial charge is 0.416 e. The van der Waals surface area contributed by atoms with Crippen molar-refractivity contribution in [1.29, 1.82) is 0 Å². The van der Waals surface area contributed by atoms with Gasteiger partial charge in [-0.1, -0.05) is 49.4 Å². The van der Waals surface area contributed by atoms with Crippen LogP contribution in [0.4, 0.5) is 23.2 Å². The third-order valence-corrected chi connectivity index (χ3v) is 3.88. The highest BCUT2D eigenvalue weighted by Gasteiger charge is 2.29. The minimum absolute atomic E-state index is 0.206. The number of carbonyl (C=O) groups excluding carboxylic acids is 2. The zero-order valence-corrected chi connectivity index (χ0v) is 15.5. The summed E-state index contributed by atoms with van der Waals surface area (Å²) in [5.74, 6) is 0.152. The first kappa shape index (κ1) is 23.1. The molecule has 3 rings (SSSR count). The predicted octanol–water partition coefficient (Wildman–Crippen LogP) is 4.58. The molecule has 0 spiro atoms. The second kappa shape index (κ2) is 11.1. The van der Waals surface area contributed by atoms with E-state index in [1.165, 1.54) is 24.3 Å². The molecule has 0 radical (unpaired) electrons. The van der Waals surface area contributed by atoms with E-state index in [1.807, 2.05) is 14.0 Å². The van der Waals surface area contributed by atoms with Gasteiger partial charge in [0.15, 0.2) is 0 Å². The molecule has 1 aliphatic heterocycles. The molecule has 0 bridgehead atoms. The number of rotatable bonds is 2. The molecule has 2 aromatic carbocycles. The van der Waals surface area contributed by atoms with Gasteiger partial charge in [-0.15, -0.1) is 0 Å². The lowest BCUT2D eigenvalue weighted by atomic mass is 10.1. The Morgan fingerprint density at radius 2 is 1.64 bits per heavy atom. The Bertz CT molecular complexity index is 739. The van der Waals surface area contributed by atoms with Crippen LogP contribution in [0.2, 0.25) is 0 Å². The van der Waals surface area contributed by atoms with E-state index in [4.69, 9.17) is 0 Å². The summed E-state index contributed by atoms with van der Waals surface area (Å²) in [6, 6.07) is 12.3. The maximum atomic E-state index is 12.6. The zero-order valence-electron chi connectivity index (χ0n) is 15.5. The van der Waals surface area contributed by atoms with Gasteiger partial charge in [0.05, 0.1) is 11.3 Å². The summed E-state index contributed by atoms with van der Waals surface area (Å²) in [5, 5.41) is 2.22. The standard InChI is InChI=1S/C7H5F3.C7H6FNO.C6H11NO/c8-7(9,10)6-4-2-1-3-5-6;8-6-3-1-2-4-7(6)9-5-10;1-5-3-4-7(2)6(5)8/h1-5H;1-5H,(H,9,10);5H,3-4H2,1-2H3. The predicted molar refractivity (Wildman–Crippen MR) is 98.9 cm³/mol. The van der Waals surface area contributed by atoms with E-state index >= 15 is 0 Å². The third-order valence-electron chi connectivity index (χ3n) is 3.88. The number of benzene rings is 2. The maximum absolute atomic E-state index is 12.6. The van der Waals surface area contributed by atoms with Crippen molar-refractivity contribution in [3.63, 3.8) is 0 Å². The number of anilines is 1. The second-order valence-corrected chi connectivity index (χ2v) is 6.06. The van der Waals surface area contributed by atoms with E-state index in [0.717, 1.165) is 25.1 Å². The number of likely N-dealkylation sites (tertiary alicyclic amines) is 1. The minimum atomic E-state index is -4.21. The normalized spacial score (nSPS) is 15.7. The van der Waals surface area contributed by atoms with Crippen molar-refractivity contribution in [3.05, 3.63) is 66.0 Å². The van der Waals surface area contributed by atoms with Gasteiger partial charge in [0, 0.05) is 19.5 Å². The molecule has 2 amide bonds. The highest BCUT2D eigenvalue weighted by atomic mass is 19.4. The molecule has 4 nitrogen and oxygen atoms in total.